The first-order valence-corrected chi connectivity index (χ1v) is 14.8. The fourth-order valence-electron chi connectivity index (χ4n) is 4.59. The smallest absolute Gasteiger partial charge is 0.307 e. The monoisotopic (exact) mass is 646 g/mol. The molecule has 5 rings (SSSR count). The Labute approximate surface area is 266 Å². The van der Waals surface area contributed by atoms with Crippen molar-refractivity contribution < 1.29 is 28.9 Å². The molecular formula is C32H37Cl2FN4O5. The summed E-state index contributed by atoms with van der Waals surface area (Å²) in [6.07, 6.45) is 2.64. The molecule has 0 saturated carbocycles. The number of carbonyl (C=O) groups excluding carboxylic acids is 1. The third-order valence-electron chi connectivity index (χ3n) is 6.53. The van der Waals surface area contributed by atoms with Gasteiger partial charge in [0.2, 0.25) is 6.41 Å². The van der Waals surface area contributed by atoms with Crippen molar-refractivity contribution in [2.24, 2.45) is 0 Å². The molecule has 1 aliphatic rings. The van der Waals surface area contributed by atoms with Crippen LogP contribution in [-0.2, 0) is 28.9 Å². The van der Waals surface area contributed by atoms with Crippen LogP contribution in [0.5, 0.6) is 5.75 Å². The largest absolute Gasteiger partial charge is 0.490 e. The van der Waals surface area contributed by atoms with Gasteiger partial charge in [-0.25, -0.2) is 13.9 Å². The van der Waals surface area contributed by atoms with Crippen LogP contribution in [0.25, 0.3) is 16.9 Å². The molecule has 0 spiro atoms. The molecule has 0 saturated heterocycles. The van der Waals surface area contributed by atoms with Crippen LogP contribution in [0.4, 0.5) is 10.2 Å². The number of fused-ring (bicyclic) bond motifs is 2. The van der Waals surface area contributed by atoms with E-state index in [1.165, 1.54) is 16.1 Å². The lowest BCUT2D eigenvalue weighted by Gasteiger charge is -2.23. The SMILES string of the molecule is CC(C)(C)O.CCc1ccc(Cl)c(Cl)c1.Cc1nc2cc(NC=O)nn2c(-c2cc(F)c3c(c2C)CCCO3)c1CC(=O)O. The minimum Gasteiger partial charge on any atom is -0.490 e. The van der Waals surface area contributed by atoms with Crippen LogP contribution >= 0.6 is 23.2 Å². The molecule has 1 aliphatic heterocycles. The normalized spacial score (nSPS) is 12.2. The van der Waals surface area contributed by atoms with E-state index >= 15 is 0 Å². The van der Waals surface area contributed by atoms with Crippen LogP contribution in [0.1, 0.15) is 62.1 Å². The Bertz CT molecular complexity index is 1660. The average Bonchev–Trinajstić information content (AvgIpc) is 3.34. The lowest BCUT2D eigenvalue weighted by molar-refractivity contribution is -0.136. The predicted octanol–water partition coefficient (Wildman–Crippen LogP) is 7.01. The molecule has 2 aromatic carbocycles. The molecule has 0 bridgehead atoms. The molecule has 236 valence electrons. The lowest BCUT2D eigenvalue weighted by atomic mass is 9.91. The second kappa shape index (κ2) is 14.8. The fraction of sp³-hybridized carbons (Fsp3) is 0.375. The van der Waals surface area contributed by atoms with E-state index in [4.69, 9.17) is 33.0 Å². The first kappa shape index (κ1) is 34.8. The minimum absolute atomic E-state index is 0.253. The summed E-state index contributed by atoms with van der Waals surface area (Å²) < 4.78 is 21.8. The van der Waals surface area contributed by atoms with Crippen molar-refractivity contribution in [1.29, 1.82) is 0 Å². The number of carbonyl (C=O) groups is 2. The van der Waals surface area contributed by atoms with E-state index < -0.39 is 17.4 Å². The van der Waals surface area contributed by atoms with E-state index in [2.05, 4.69) is 22.3 Å². The number of ether oxygens (including phenoxy) is 1. The van der Waals surface area contributed by atoms with Gasteiger partial charge in [0.25, 0.3) is 0 Å². The van der Waals surface area contributed by atoms with Crippen molar-refractivity contribution >= 4 is 47.0 Å². The summed E-state index contributed by atoms with van der Waals surface area (Å²) in [4.78, 5) is 26.8. The predicted molar refractivity (Wildman–Crippen MR) is 171 cm³/mol. The molecule has 0 aliphatic carbocycles. The zero-order valence-corrected chi connectivity index (χ0v) is 27.1. The zero-order chi connectivity index (χ0) is 32.8. The van der Waals surface area contributed by atoms with Gasteiger partial charge in [0.05, 0.1) is 34.4 Å². The number of aliphatic hydroxyl groups is 1. The molecule has 4 aromatic rings. The first-order chi connectivity index (χ1) is 20.6. The molecule has 0 fully saturated rings. The number of rotatable bonds is 6. The van der Waals surface area contributed by atoms with Crippen molar-refractivity contribution in [3.05, 3.63) is 74.1 Å². The van der Waals surface area contributed by atoms with Gasteiger partial charge in [0, 0.05) is 28.5 Å². The van der Waals surface area contributed by atoms with Gasteiger partial charge in [-0.3, -0.25) is 9.59 Å². The van der Waals surface area contributed by atoms with Gasteiger partial charge in [0.1, 0.15) is 0 Å². The number of amides is 1. The maximum Gasteiger partial charge on any atom is 0.307 e. The van der Waals surface area contributed by atoms with Gasteiger partial charge in [-0.2, -0.15) is 0 Å². The van der Waals surface area contributed by atoms with Crippen LogP contribution in [0, 0.1) is 19.7 Å². The number of anilines is 1. The number of carboxylic acids is 1. The van der Waals surface area contributed by atoms with Crippen molar-refractivity contribution in [2.75, 3.05) is 11.9 Å². The van der Waals surface area contributed by atoms with E-state index in [0.29, 0.717) is 57.6 Å². The van der Waals surface area contributed by atoms with E-state index in [1.807, 2.05) is 25.1 Å². The number of nitrogens with zero attached hydrogens (tertiary/aromatic N) is 3. The number of hydrogen-bond donors (Lipinski definition) is 3. The van der Waals surface area contributed by atoms with Gasteiger partial charge in [0.15, 0.2) is 23.0 Å². The molecule has 1 amide bonds. The van der Waals surface area contributed by atoms with Crippen LogP contribution < -0.4 is 10.1 Å². The van der Waals surface area contributed by atoms with Gasteiger partial charge in [-0.15, -0.1) is 5.10 Å². The standard InChI is InChI=1S/C20H19FN4O4.C8H8Cl2.C4H10O/c1-10-12-4-3-5-29-20(12)15(21)6-13(10)19-14(7-18(27)28)11(2)23-17-8-16(22-9-26)24-25(17)19;1-2-6-3-4-7(9)8(10)5-6;1-4(2,3)5/h6,8-9H,3-5,7H2,1-2H3,(H,27,28)(H,22,24,26);3-5H,2H2,1H3;5H,1-3H3. The third kappa shape index (κ3) is 8.90. The van der Waals surface area contributed by atoms with E-state index in [1.54, 1.807) is 33.8 Å². The second-order valence-electron chi connectivity index (χ2n) is 11.2. The molecule has 44 heavy (non-hydrogen) atoms. The molecule has 12 heteroatoms. The van der Waals surface area contributed by atoms with E-state index in [-0.39, 0.29) is 18.0 Å². The van der Waals surface area contributed by atoms with Crippen LogP contribution in [0.2, 0.25) is 10.0 Å². The van der Waals surface area contributed by atoms with Crippen LogP contribution in [0.15, 0.2) is 30.3 Å². The molecular weight excluding hydrogens is 610 g/mol. The quantitative estimate of drug-likeness (QED) is 0.192. The van der Waals surface area contributed by atoms with Crippen molar-refractivity contribution in [3.8, 4) is 17.0 Å². The topological polar surface area (TPSA) is 126 Å². The summed E-state index contributed by atoms with van der Waals surface area (Å²) in [6, 6.07) is 8.62. The lowest BCUT2D eigenvalue weighted by Crippen LogP contribution is -2.14. The number of nitrogens with one attached hydrogen (secondary N) is 1. The van der Waals surface area contributed by atoms with E-state index in [0.717, 1.165) is 24.0 Å². The highest BCUT2D eigenvalue weighted by Crippen LogP contribution is 2.39. The highest BCUT2D eigenvalue weighted by molar-refractivity contribution is 6.42. The van der Waals surface area contributed by atoms with Gasteiger partial charge >= 0.3 is 5.97 Å². The number of benzene rings is 2. The number of aromatic nitrogens is 3. The van der Waals surface area contributed by atoms with Gasteiger partial charge in [-0.1, -0.05) is 36.2 Å². The van der Waals surface area contributed by atoms with Crippen LogP contribution in [0.3, 0.4) is 0 Å². The Morgan fingerprint density at radius 3 is 2.45 bits per heavy atom. The number of hydrogen-bond acceptors (Lipinski definition) is 6. The highest BCUT2D eigenvalue weighted by Gasteiger charge is 2.26. The average molecular weight is 648 g/mol. The Hall–Kier alpha value is -3.73. The first-order valence-electron chi connectivity index (χ1n) is 14.1. The number of halogens is 3. The molecule has 9 nitrogen and oxygen atoms in total. The number of aryl methyl sites for hydroxylation is 2. The van der Waals surface area contributed by atoms with Gasteiger partial charge < -0.3 is 20.3 Å². The van der Waals surface area contributed by atoms with Crippen molar-refractivity contribution in [2.45, 2.75) is 72.8 Å². The molecule has 3 N–H and O–H groups in total. The summed E-state index contributed by atoms with van der Waals surface area (Å²) >= 11 is 11.5. The maximum atomic E-state index is 14.9. The third-order valence-corrected chi connectivity index (χ3v) is 7.26. The van der Waals surface area contributed by atoms with Gasteiger partial charge in [-0.05, 0) is 83.2 Å². The number of carboxylic acid groups (broad SMARTS) is 1. The Morgan fingerprint density at radius 2 is 1.86 bits per heavy atom. The Balaban J connectivity index is 0.000000291. The van der Waals surface area contributed by atoms with Crippen molar-refractivity contribution in [3.63, 3.8) is 0 Å². The molecule has 0 unspecified atom stereocenters. The highest BCUT2D eigenvalue weighted by atomic mass is 35.5. The second-order valence-corrected chi connectivity index (χ2v) is 12.0. The molecule has 2 aromatic heterocycles. The number of aliphatic carboxylic acids is 1. The maximum absolute atomic E-state index is 14.9. The molecule has 3 heterocycles. The van der Waals surface area contributed by atoms with E-state index in [9.17, 15) is 19.1 Å². The molecule has 0 atom stereocenters. The summed E-state index contributed by atoms with van der Waals surface area (Å²) in [6.45, 7) is 11.3. The summed E-state index contributed by atoms with van der Waals surface area (Å²) in [5.74, 6) is -1.01. The molecule has 0 radical (unpaired) electrons. The summed E-state index contributed by atoms with van der Waals surface area (Å²) in [5.41, 5.74) is 4.62. The zero-order valence-electron chi connectivity index (χ0n) is 25.6. The summed E-state index contributed by atoms with van der Waals surface area (Å²) in [5, 5.41) is 26.0. The minimum atomic E-state index is -1.03. The Kier molecular flexibility index (Phi) is 11.7. The van der Waals surface area contributed by atoms with Crippen molar-refractivity contribution in [1.82, 2.24) is 14.6 Å². The fourth-order valence-corrected chi connectivity index (χ4v) is 4.91. The Morgan fingerprint density at radius 1 is 1.18 bits per heavy atom. The van der Waals surface area contributed by atoms with Crippen LogP contribution in [-0.4, -0.2) is 49.4 Å². The summed E-state index contributed by atoms with van der Waals surface area (Å²) in [7, 11) is 0.